The Hall–Kier alpha value is -1.68. The molecule has 1 atom stereocenters. The maximum absolute atomic E-state index is 13.6. The SMILES string of the molecule is CC(C)C(N)c1ccn(Cc2c(F)cccc2F)c1. The molecular weight excluding hydrogens is 246 g/mol. The van der Waals surface area contributed by atoms with Gasteiger partial charge in [0.1, 0.15) is 11.6 Å². The van der Waals surface area contributed by atoms with Crippen LogP contribution in [0.3, 0.4) is 0 Å². The van der Waals surface area contributed by atoms with Gasteiger partial charge in [-0.3, -0.25) is 0 Å². The topological polar surface area (TPSA) is 30.9 Å². The van der Waals surface area contributed by atoms with Gasteiger partial charge in [0.25, 0.3) is 0 Å². The molecule has 1 unspecified atom stereocenters. The van der Waals surface area contributed by atoms with Gasteiger partial charge in [0.05, 0.1) is 6.54 Å². The number of rotatable bonds is 4. The van der Waals surface area contributed by atoms with E-state index in [9.17, 15) is 8.78 Å². The maximum atomic E-state index is 13.6. The molecule has 0 amide bonds. The van der Waals surface area contributed by atoms with Gasteiger partial charge in [0, 0.05) is 24.0 Å². The molecule has 0 fully saturated rings. The van der Waals surface area contributed by atoms with Crippen LogP contribution in [0.15, 0.2) is 36.7 Å². The van der Waals surface area contributed by atoms with Crippen molar-refractivity contribution in [2.45, 2.75) is 26.4 Å². The summed E-state index contributed by atoms with van der Waals surface area (Å²) in [5.41, 5.74) is 7.09. The second-order valence-corrected chi connectivity index (χ2v) is 5.09. The standard InChI is InChI=1S/C15H18F2N2/c1-10(2)15(18)11-6-7-19(8-11)9-12-13(16)4-3-5-14(12)17/h3-8,10,15H,9,18H2,1-2H3. The minimum atomic E-state index is -0.525. The van der Waals surface area contributed by atoms with Crippen molar-refractivity contribution in [1.29, 1.82) is 0 Å². The van der Waals surface area contributed by atoms with Crippen molar-refractivity contribution in [3.63, 3.8) is 0 Å². The fourth-order valence-electron chi connectivity index (χ4n) is 2.01. The molecule has 1 aromatic carbocycles. The van der Waals surface area contributed by atoms with Crippen LogP contribution < -0.4 is 5.73 Å². The zero-order valence-electron chi connectivity index (χ0n) is 11.1. The first-order valence-corrected chi connectivity index (χ1v) is 6.33. The number of halogens is 2. The van der Waals surface area contributed by atoms with E-state index < -0.39 is 11.6 Å². The first kappa shape index (κ1) is 13.7. The van der Waals surface area contributed by atoms with E-state index in [0.29, 0.717) is 5.92 Å². The Morgan fingerprint density at radius 3 is 2.37 bits per heavy atom. The predicted octanol–water partition coefficient (Wildman–Crippen LogP) is 3.47. The van der Waals surface area contributed by atoms with Gasteiger partial charge in [-0.05, 0) is 29.7 Å². The fraction of sp³-hybridized carbons (Fsp3) is 0.333. The highest BCUT2D eigenvalue weighted by Crippen LogP contribution is 2.20. The zero-order valence-corrected chi connectivity index (χ0v) is 11.1. The van der Waals surface area contributed by atoms with Gasteiger partial charge in [-0.1, -0.05) is 19.9 Å². The van der Waals surface area contributed by atoms with Crippen LogP contribution in [0.1, 0.15) is 31.0 Å². The van der Waals surface area contributed by atoms with E-state index in [1.807, 2.05) is 26.1 Å². The van der Waals surface area contributed by atoms with Gasteiger partial charge in [0.15, 0.2) is 0 Å². The summed E-state index contributed by atoms with van der Waals surface area (Å²) in [4.78, 5) is 0. The lowest BCUT2D eigenvalue weighted by atomic mass is 10.00. The molecule has 0 saturated carbocycles. The Bertz CT molecular complexity index is 541. The van der Waals surface area contributed by atoms with E-state index in [0.717, 1.165) is 5.56 Å². The normalized spacial score (nSPS) is 12.9. The molecule has 102 valence electrons. The summed E-state index contributed by atoms with van der Waals surface area (Å²) >= 11 is 0. The highest BCUT2D eigenvalue weighted by atomic mass is 19.1. The Kier molecular flexibility index (Phi) is 4.00. The molecule has 0 aliphatic heterocycles. The molecule has 0 spiro atoms. The maximum Gasteiger partial charge on any atom is 0.131 e. The lowest BCUT2D eigenvalue weighted by Crippen LogP contribution is -2.16. The van der Waals surface area contributed by atoms with Crippen molar-refractivity contribution in [2.75, 3.05) is 0 Å². The molecule has 0 saturated heterocycles. The van der Waals surface area contributed by atoms with Crippen LogP contribution in [-0.4, -0.2) is 4.57 Å². The molecule has 2 aromatic rings. The van der Waals surface area contributed by atoms with Crippen molar-refractivity contribution in [3.05, 3.63) is 59.4 Å². The monoisotopic (exact) mass is 264 g/mol. The highest BCUT2D eigenvalue weighted by molar-refractivity contribution is 5.22. The van der Waals surface area contributed by atoms with E-state index in [-0.39, 0.29) is 18.2 Å². The van der Waals surface area contributed by atoms with E-state index in [4.69, 9.17) is 5.73 Å². The Morgan fingerprint density at radius 1 is 1.16 bits per heavy atom. The Balaban J connectivity index is 2.21. The average molecular weight is 264 g/mol. The van der Waals surface area contributed by atoms with Gasteiger partial charge in [-0.25, -0.2) is 8.78 Å². The van der Waals surface area contributed by atoms with E-state index >= 15 is 0 Å². The third kappa shape index (κ3) is 3.01. The van der Waals surface area contributed by atoms with Crippen LogP contribution >= 0.6 is 0 Å². The first-order valence-electron chi connectivity index (χ1n) is 6.33. The molecular formula is C15H18F2N2. The van der Waals surface area contributed by atoms with Crippen molar-refractivity contribution >= 4 is 0 Å². The van der Waals surface area contributed by atoms with Crippen LogP contribution in [0, 0.1) is 17.6 Å². The minimum Gasteiger partial charge on any atom is -0.349 e. The summed E-state index contributed by atoms with van der Waals surface area (Å²) in [6.45, 7) is 4.25. The van der Waals surface area contributed by atoms with Crippen molar-refractivity contribution in [1.82, 2.24) is 4.57 Å². The van der Waals surface area contributed by atoms with Crippen LogP contribution in [0.2, 0.25) is 0 Å². The van der Waals surface area contributed by atoms with Gasteiger partial charge in [-0.15, -0.1) is 0 Å². The molecule has 19 heavy (non-hydrogen) atoms. The summed E-state index contributed by atoms with van der Waals surface area (Å²) in [7, 11) is 0. The molecule has 4 heteroatoms. The number of nitrogens with two attached hydrogens (primary N) is 1. The number of hydrogen-bond donors (Lipinski definition) is 1. The Morgan fingerprint density at radius 2 is 1.79 bits per heavy atom. The lowest BCUT2D eigenvalue weighted by Gasteiger charge is -2.13. The molecule has 0 aliphatic carbocycles. The summed E-state index contributed by atoms with van der Waals surface area (Å²) in [5, 5.41) is 0. The smallest absolute Gasteiger partial charge is 0.131 e. The average Bonchev–Trinajstić information content (AvgIpc) is 2.81. The molecule has 1 heterocycles. The van der Waals surface area contributed by atoms with Crippen molar-refractivity contribution in [3.8, 4) is 0 Å². The van der Waals surface area contributed by atoms with Crippen molar-refractivity contribution in [2.24, 2.45) is 11.7 Å². The van der Waals surface area contributed by atoms with Crippen LogP contribution in [0.4, 0.5) is 8.78 Å². The van der Waals surface area contributed by atoms with Gasteiger partial charge in [0.2, 0.25) is 0 Å². The second kappa shape index (κ2) is 5.53. The lowest BCUT2D eigenvalue weighted by molar-refractivity contribution is 0.512. The second-order valence-electron chi connectivity index (χ2n) is 5.09. The molecule has 2 rings (SSSR count). The number of benzene rings is 1. The quantitative estimate of drug-likeness (QED) is 0.900. The summed E-state index contributed by atoms with van der Waals surface area (Å²) < 4.78 is 28.9. The van der Waals surface area contributed by atoms with Crippen LogP contribution in [0.5, 0.6) is 0 Å². The van der Waals surface area contributed by atoms with Gasteiger partial charge in [-0.2, -0.15) is 0 Å². The first-order chi connectivity index (χ1) is 8.99. The molecule has 0 radical (unpaired) electrons. The summed E-state index contributed by atoms with van der Waals surface area (Å²) in [5.74, 6) is -0.729. The molecule has 0 aliphatic rings. The molecule has 0 bridgehead atoms. The molecule has 2 N–H and O–H groups in total. The van der Waals surface area contributed by atoms with Crippen LogP contribution in [-0.2, 0) is 6.54 Å². The van der Waals surface area contributed by atoms with E-state index in [2.05, 4.69) is 0 Å². The minimum absolute atomic E-state index is 0.0632. The molecule has 2 nitrogen and oxygen atoms in total. The highest BCUT2D eigenvalue weighted by Gasteiger charge is 2.13. The third-order valence-electron chi connectivity index (χ3n) is 3.28. The largest absolute Gasteiger partial charge is 0.349 e. The summed E-state index contributed by atoms with van der Waals surface area (Å²) in [6, 6.07) is 5.73. The van der Waals surface area contributed by atoms with Crippen molar-refractivity contribution < 1.29 is 8.78 Å². The molecule has 1 aromatic heterocycles. The van der Waals surface area contributed by atoms with Gasteiger partial charge < -0.3 is 10.3 Å². The fourth-order valence-corrected chi connectivity index (χ4v) is 2.01. The van der Waals surface area contributed by atoms with E-state index in [1.165, 1.54) is 18.2 Å². The number of hydrogen-bond acceptors (Lipinski definition) is 1. The van der Waals surface area contributed by atoms with E-state index in [1.54, 1.807) is 10.8 Å². The third-order valence-corrected chi connectivity index (χ3v) is 3.28. The van der Waals surface area contributed by atoms with Crippen LogP contribution in [0.25, 0.3) is 0 Å². The number of nitrogens with zero attached hydrogens (tertiary/aromatic N) is 1. The number of aromatic nitrogens is 1. The van der Waals surface area contributed by atoms with Gasteiger partial charge >= 0.3 is 0 Å². The predicted molar refractivity (Wildman–Crippen MR) is 71.7 cm³/mol. The Labute approximate surface area is 111 Å². The summed E-state index contributed by atoms with van der Waals surface area (Å²) in [6.07, 6.45) is 3.64. The zero-order chi connectivity index (χ0) is 14.0.